The summed E-state index contributed by atoms with van der Waals surface area (Å²) in [5.41, 5.74) is 1.09. The molecule has 0 atom stereocenters. The Bertz CT molecular complexity index is 1090. The second kappa shape index (κ2) is 7.64. The molecule has 0 unspecified atom stereocenters. The largest absolute Gasteiger partial charge is 0.548 e. The molecule has 1 saturated heterocycles. The molecule has 29 heavy (non-hydrogen) atoms. The number of thiazole rings is 1. The molecule has 0 saturated carbocycles. The maximum atomic E-state index is 13.1. The molecule has 10 heteroatoms. The van der Waals surface area contributed by atoms with Crippen LogP contribution >= 0.6 is 23.1 Å². The van der Waals surface area contributed by atoms with Gasteiger partial charge in [-0.05, 0) is 17.8 Å². The Hall–Kier alpha value is -3.24. The van der Waals surface area contributed by atoms with Gasteiger partial charge < -0.3 is 14.8 Å². The highest BCUT2D eigenvalue weighted by molar-refractivity contribution is 8.18. The summed E-state index contributed by atoms with van der Waals surface area (Å²) in [6.07, 6.45) is 3.17. The van der Waals surface area contributed by atoms with Crippen LogP contribution in [0, 0.1) is 0 Å². The molecule has 8 nitrogen and oxygen atoms in total. The fraction of sp³-hybridized carbons (Fsp3) is 0.105. The quantitative estimate of drug-likeness (QED) is 0.530. The van der Waals surface area contributed by atoms with Gasteiger partial charge in [0.1, 0.15) is 0 Å². The highest BCUT2D eigenvalue weighted by atomic mass is 32.2. The zero-order valence-electron chi connectivity index (χ0n) is 14.9. The van der Waals surface area contributed by atoms with Crippen molar-refractivity contribution in [1.29, 1.82) is 0 Å². The summed E-state index contributed by atoms with van der Waals surface area (Å²) in [7, 11) is 0. The summed E-state index contributed by atoms with van der Waals surface area (Å²) in [6, 6.07) is 6.75. The normalized spacial score (nSPS) is 19.9. The number of carbonyl (C=O) groups excluding carboxylic acids is 3. The molecular weight excluding hydrogens is 412 g/mol. The van der Waals surface area contributed by atoms with Crippen LogP contribution in [0.1, 0.15) is 5.56 Å². The Morgan fingerprint density at radius 2 is 2.03 bits per heavy atom. The van der Waals surface area contributed by atoms with Gasteiger partial charge in [0.05, 0.1) is 28.7 Å². The predicted molar refractivity (Wildman–Crippen MR) is 109 cm³/mol. The number of carboxylic acid groups (broad SMARTS) is 1. The summed E-state index contributed by atoms with van der Waals surface area (Å²) >= 11 is 2.39. The van der Waals surface area contributed by atoms with E-state index < -0.39 is 24.3 Å². The van der Waals surface area contributed by atoms with Crippen molar-refractivity contribution < 1.29 is 19.5 Å². The number of para-hydroxylation sites is 1. The van der Waals surface area contributed by atoms with Crippen LogP contribution in [0.4, 0.5) is 10.8 Å². The van der Waals surface area contributed by atoms with Gasteiger partial charge in [0.25, 0.3) is 11.8 Å². The third-order valence-corrected chi connectivity index (χ3v) is 5.97. The molecule has 1 aromatic heterocycles. The Morgan fingerprint density at radius 3 is 2.72 bits per heavy atom. The van der Waals surface area contributed by atoms with E-state index in [1.807, 2.05) is 0 Å². The summed E-state index contributed by atoms with van der Waals surface area (Å²) in [5, 5.41) is 13.8. The molecule has 2 aliphatic heterocycles. The maximum absolute atomic E-state index is 13.1. The number of amidine groups is 1. The van der Waals surface area contributed by atoms with E-state index in [0.29, 0.717) is 21.6 Å². The average molecular weight is 425 g/mol. The molecule has 4 rings (SSSR count). The van der Waals surface area contributed by atoms with Crippen LogP contribution in [0.15, 0.2) is 58.4 Å². The highest BCUT2D eigenvalue weighted by Gasteiger charge is 2.42. The fourth-order valence-corrected chi connectivity index (χ4v) is 4.71. The van der Waals surface area contributed by atoms with Crippen LogP contribution in [-0.4, -0.2) is 45.9 Å². The van der Waals surface area contributed by atoms with Crippen LogP contribution in [0.5, 0.6) is 0 Å². The first-order chi connectivity index (χ1) is 14.0. The first-order valence-corrected chi connectivity index (χ1v) is 10.1. The smallest absolute Gasteiger partial charge is 0.267 e. The van der Waals surface area contributed by atoms with Crippen molar-refractivity contribution in [1.82, 2.24) is 9.88 Å². The zero-order chi connectivity index (χ0) is 20.5. The Kier molecular flexibility index (Phi) is 5.03. The lowest BCUT2D eigenvalue weighted by atomic mass is 10.1. The van der Waals surface area contributed by atoms with E-state index in [4.69, 9.17) is 0 Å². The van der Waals surface area contributed by atoms with E-state index in [1.165, 1.54) is 16.2 Å². The first-order valence-electron chi connectivity index (χ1n) is 8.45. The molecule has 3 heterocycles. The first kappa shape index (κ1) is 19.1. The number of anilines is 1. The molecule has 2 amide bonds. The van der Waals surface area contributed by atoms with Crippen LogP contribution in [0.2, 0.25) is 0 Å². The number of carboxylic acids is 1. The lowest BCUT2D eigenvalue weighted by Crippen LogP contribution is -2.39. The lowest BCUT2D eigenvalue weighted by Gasteiger charge is -2.17. The second-order valence-electron chi connectivity index (χ2n) is 6.00. The van der Waals surface area contributed by atoms with E-state index in [-0.39, 0.29) is 17.0 Å². The van der Waals surface area contributed by atoms with Crippen molar-refractivity contribution in [3.8, 4) is 0 Å². The van der Waals surface area contributed by atoms with Crippen molar-refractivity contribution in [3.63, 3.8) is 0 Å². The average Bonchev–Trinajstić information content (AvgIpc) is 3.37. The van der Waals surface area contributed by atoms with Crippen LogP contribution in [0.3, 0.4) is 0 Å². The number of nitrogens with zero attached hydrogens (tertiary/aromatic N) is 4. The predicted octanol–water partition coefficient (Wildman–Crippen LogP) is 1.40. The Balaban J connectivity index is 1.84. The minimum absolute atomic E-state index is 0.162. The molecular formula is C19H13N4O4S2-. The second-order valence-corrected chi connectivity index (χ2v) is 7.85. The third-order valence-electron chi connectivity index (χ3n) is 4.22. The number of aliphatic imine (C=N–C) groups is 1. The molecule has 146 valence electrons. The van der Waals surface area contributed by atoms with Gasteiger partial charge in [0, 0.05) is 23.7 Å². The molecule has 2 aromatic rings. The number of hydrogen-bond donors (Lipinski definition) is 0. The van der Waals surface area contributed by atoms with Gasteiger partial charge in [-0.15, -0.1) is 17.9 Å². The van der Waals surface area contributed by atoms with Gasteiger partial charge in [-0.2, -0.15) is 4.99 Å². The monoisotopic (exact) mass is 425 g/mol. The molecule has 1 fully saturated rings. The van der Waals surface area contributed by atoms with Crippen molar-refractivity contribution >= 4 is 62.4 Å². The van der Waals surface area contributed by atoms with Crippen molar-refractivity contribution in [2.45, 2.75) is 0 Å². The number of amides is 2. The fourth-order valence-electron chi connectivity index (χ4n) is 3.07. The van der Waals surface area contributed by atoms with Crippen LogP contribution < -0.4 is 10.0 Å². The number of aromatic nitrogens is 1. The number of hydrogen-bond acceptors (Lipinski definition) is 8. The van der Waals surface area contributed by atoms with Crippen molar-refractivity contribution in [2.24, 2.45) is 4.99 Å². The number of aliphatic carboxylic acids is 1. The van der Waals surface area contributed by atoms with Gasteiger partial charge in [0.2, 0.25) is 5.13 Å². The molecule has 0 aliphatic carbocycles. The molecule has 1 aromatic carbocycles. The molecule has 0 N–H and O–H groups in total. The van der Waals surface area contributed by atoms with Gasteiger partial charge >= 0.3 is 0 Å². The van der Waals surface area contributed by atoms with Crippen LogP contribution in [0.25, 0.3) is 5.57 Å². The summed E-state index contributed by atoms with van der Waals surface area (Å²) in [6.45, 7) is 3.29. The number of thioether (sulfide) groups is 1. The minimum atomic E-state index is -1.39. The Morgan fingerprint density at radius 1 is 1.24 bits per heavy atom. The van der Waals surface area contributed by atoms with Crippen molar-refractivity contribution in [2.75, 3.05) is 18.0 Å². The number of carbonyl (C=O) groups is 3. The van der Waals surface area contributed by atoms with E-state index >= 15 is 0 Å². The SMILES string of the molecule is C=CCN1C(=O)/C(=C2/C(=O)N(CC(=O)[O-])c3ccccc32)SC1=Nc1nccs1. The minimum Gasteiger partial charge on any atom is -0.548 e. The molecule has 0 spiro atoms. The third kappa shape index (κ3) is 3.36. The van der Waals surface area contributed by atoms with Crippen LogP contribution in [-0.2, 0) is 14.4 Å². The van der Waals surface area contributed by atoms with Gasteiger partial charge in [-0.25, -0.2) is 4.98 Å². The number of benzene rings is 1. The summed E-state index contributed by atoms with van der Waals surface area (Å²) < 4.78 is 0. The summed E-state index contributed by atoms with van der Waals surface area (Å²) in [5.74, 6) is -2.33. The van der Waals surface area contributed by atoms with Gasteiger partial charge in [-0.1, -0.05) is 24.3 Å². The topological polar surface area (TPSA) is 106 Å². The highest BCUT2D eigenvalue weighted by Crippen LogP contribution is 2.44. The van der Waals surface area contributed by atoms with Gasteiger partial charge in [-0.3, -0.25) is 14.5 Å². The van der Waals surface area contributed by atoms with E-state index in [1.54, 1.807) is 41.9 Å². The zero-order valence-corrected chi connectivity index (χ0v) is 16.5. The number of fused-ring (bicyclic) bond motifs is 1. The Labute approximate surface area is 173 Å². The molecule has 0 radical (unpaired) electrons. The standard InChI is InChI=1S/C19H14N4O4S2/c1-2-8-22-17(27)15(29-19(22)21-18-20-7-9-28-18)14-11-5-3-4-6-12(11)23(16(14)26)10-13(24)25/h2-7,9H,1,8,10H2,(H,24,25)/p-1/b15-14-,21-19?. The lowest BCUT2D eigenvalue weighted by molar-refractivity contribution is -0.303. The van der Waals surface area contributed by atoms with E-state index in [9.17, 15) is 19.5 Å². The molecule has 2 aliphatic rings. The van der Waals surface area contributed by atoms with Crippen molar-refractivity contribution in [3.05, 3.63) is 59.0 Å². The maximum Gasteiger partial charge on any atom is 0.267 e. The van der Waals surface area contributed by atoms with E-state index in [0.717, 1.165) is 16.7 Å². The number of rotatable bonds is 5. The van der Waals surface area contributed by atoms with Gasteiger partial charge in [0.15, 0.2) is 5.17 Å². The van der Waals surface area contributed by atoms with E-state index in [2.05, 4.69) is 16.6 Å². The summed E-state index contributed by atoms with van der Waals surface area (Å²) in [4.78, 5) is 48.5. The molecule has 0 bridgehead atoms.